The molecule has 0 fully saturated rings. The topological polar surface area (TPSA) is 73.6 Å². The Balaban J connectivity index is 1.89. The number of carbonyl (C=O) groups excluding carboxylic acids is 1. The standard InChI is InChI=1S/C14H20N2O3/c1-14(2)8-10-4-3-5-11(12(10)19-14)9-16-6-7-18-13(15)17/h3-5,16H,6-9H2,1-2H3,(H2,15,17). The fraction of sp³-hybridized carbons (Fsp3) is 0.500. The minimum atomic E-state index is -0.743. The van der Waals surface area contributed by atoms with Gasteiger partial charge in [0.1, 0.15) is 18.0 Å². The van der Waals surface area contributed by atoms with Crippen molar-refractivity contribution in [3.63, 3.8) is 0 Å². The van der Waals surface area contributed by atoms with Crippen molar-refractivity contribution in [2.24, 2.45) is 5.73 Å². The number of para-hydroxylation sites is 1. The fourth-order valence-corrected chi connectivity index (χ4v) is 2.27. The first kappa shape index (κ1) is 13.7. The number of hydrogen-bond donors (Lipinski definition) is 2. The predicted molar refractivity (Wildman–Crippen MR) is 72.1 cm³/mol. The molecular weight excluding hydrogens is 244 g/mol. The summed E-state index contributed by atoms with van der Waals surface area (Å²) in [6.07, 6.45) is 0.188. The first-order valence-electron chi connectivity index (χ1n) is 6.41. The SMILES string of the molecule is CC1(C)Cc2cccc(CNCCOC(N)=O)c2O1. The molecule has 0 radical (unpaired) electrons. The lowest BCUT2D eigenvalue weighted by Crippen LogP contribution is -2.25. The highest BCUT2D eigenvalue weighted by molar-refractivity contribution is 5.64. The summed E-state index contributed by atoms with van der Waals surface area (Å²) in [5.41, 5.74) is 7.12. The molecule has 0 atom stereocenters. The number of rotatable bonds is 5. The lowest BCUT2D eigenvalue weighted by atomic mass is 10.0. The third-order valence-electron chi connectivity index (χ3n) is 3.01. The number of fused-ring (bicyclic) bond motifs is 1. The van der Waals surface area contributed by atoms with E-state index < -0.39 is 6.09 Å². The smallest absolute Gasteiger partial charge is 0.404 e. The van der Waals surface area contributed by atoms with E-state index >= 15 is 0 Å². The van der Waals surface area contributed by atoms with Gasteiger partial charge < -0.3 is 20.5 Å². The van der Waals surface area contributed by atoms with E-state index in [1.54, 1.807) is 0 Å². The van der Waals surface area contributed by atoms with E-state index in [0.29, 0.717) is 13.1 Å². The van der Waals surface area contributed by atoms with Crippen LogP contribution in [0.2, 0.25) is 0 Å². The van der Waals surface area contributed by atoms with Crippen molar-refractivity contribution in [1.82, 2.24) is 5.32 Å². The Labute approximate surface area is 113 Å². The zero-order valence-corrected chi connectivity index (χ0v) is 11.4. The third-order valence-corrected chi connectivity index (χ3v) is 3.01. The second-order valence-corrected chi connectivity index (χ2v) is 5.29. The van der Waals surface area contributed by atoms with Crippen molar-refractivity contribution in [2.75, 3.05) is 13.2 Å². The Hall–Kier alpha value is -1.75. The van der Waals surface area contributed by atoms with Crippen molar-refractivity contribution in [3.8, 4) is 5.75 Å². The zero-order chi connectivity index (χ0) is 13.9. The highest BCUT2D eigenvalue weighted by atomic mass is 16.5. The van der Waals surface area contributed by atoms with Gasteiger partial charge in [-0.05, 0) is 19.4 Å². The van der Waals surface area contributed by atoms with Gasteiger partial charge in [-0.2, -0.15) is 0 Å². The second kappa shape index (κ2) is 5.48. The molecule has 1 amide bonds. The number of benzene rings is 1. The van der Waals surface area contributed by atoms with E-state index in [9.17, 15) is 4.79 Å². The summed E-state index contributed by atoms with van der Waals surface area (Å²) in [5, 5.41) is 3.20. The molecule has 5 nitrogen and oxygen atoms in total. The van der Waals surface area contributed by atoms with E-state index in [1.807, 2.05) is 12.1 Å². The fourth-order valence-electron chi connectivity index (χ4n) is 2.27. The second-order valence-electron chi connectivity index (χ2n) is 5.29. The van der Waals surface area contributed by atoms with Crippen LogP contribution < -0.4 is 15.8 Å². The van der Waals surface area contributed by atoms with Gasteiger partial charge in [-0.3, -0.25) is 0 Å². The zero-order valence-electron chi connectivity index (χ0n) is 11.4. The molecule has 1 heterocycles. The molecular formula is C14H20N2O3. The summed E-state index contributed by atoms with van der Waals surface area (Å²) < 4.78 is 10.6. The average Bonchev–Trinajstić information content (AvgIpc) is 2.63. The van der Waals surface area contributed by atoms with Crippen LogP contribution in [0.25, 0.3) is 0 Å². The molecule has 1 aliphatic heterocycles. The van der Waals surface area contributed by atoms with Crippen LogP contribution in [0.1, 0.15) is 25.0 Å². The van der Waals surface area contributed by atoms with Crippen molar-refractivity contribution in [1.29, 1.82) is 0 Å². The summed E-state index contributed by atoms with van der Waals surface area (Å²) in [4.78, 5) is 10.4. The van der Waals surface area contributed by atoms with Crippen LogP contribution in [0.4, 0.5) is 4.79 Å². The Morgan fingerprint density at radius 3 is 3.05 bits per heavy atom. The van der Waals surface area contributed by atoms with Crippen molar-refractivity contribution in [2.45, 2.75) is 32.4 Å². The molecule has 19 heavy (non-hydrogen) atoms. The van der Waals surface area contributed by atoms with E-state index in [2.05, 4.69) is 30.0 Å². The Morgan fingerprint density at radius 2 is 2.32 bits per heavy atom. The Kier molecular flexibility index (Phi) is 3.95. The summed E-state index contributed by atoms with van der Waals surface area (Å²) in [5.74, 6) is 0.982. The number of carbonyl (C=O) groups is 1. The first-order valence-corrected chi connectivity index (χ1v) is 6.41. The molecule has 0 aliphatic carbocycles. The molecule has 1 aromatic carbocycles. The molecule has 0 spiro atoms. The Morgan fingerprint density at radius 1 is 1.53 bits per heavy atom. The van der Waals surface area contributed by atoms with Gasteiger partial charge >= 0.3 is 6.09 Å². The summed E-state index contributed by atoms with van der Waals surface area (Å²) in [6, 6.07) is 6.19. The maximum Gasteiger partial charge on any atom is 0.404 e. The van der Waals surface area contributed by atoms with Gasteiger partial charge in [0.2, 0.25) is 0 Å². The van der Waals surface area contributed by atoms with Gasteiger partial charge in [-0.1, -0.05) is 18.2 Å². The van der Waals surface area contributed by atoms with E-state index in [-0.39, 0.29) is 12.2 Å². The number of nitrogens with one attached hydrogen (secondary N) is 1. The highest BCUT2D eigenvalue weighted by Gasteiger charge is 2.31. The number of primary amides is 1. The molecule has 5 heteroatoms. The van der Waals surface area contributed by atoms with E-state index in [0.717, 1.165) is 17.7 Å². The van der Waals surface area contributed by atoms with Crippen LogP contribution in [-0.4, -0.2) is 24.8 Å². The summed E-state index contributed by atoms with van der Waals surface area (Å²) >= 11 is 0. The molecule has 2 rings (SSSR count). The van der Waals surface area contributed by atoms with Crippen LogP contribution in [-0.2, 0) is 17.7 Å². The normalized spacial score (nSPS) is 15.7. The number of amides is 1. The molecule has 104 valence electrons. The third kappa shape index (κ3) is 3.61. The van der Waals surface area contributed by atoms with Crippen LogP contribution in [0.15, 0.2) is 18.2 Å². The van der Waals surface area contributed by atoms with Crippen LogP contribution >= 0.6 is 0 Å². The number of nitrogens with two attached hydrogens (primary N) is 1. The summed E-state index contributed by atoms with van der Waals surface area (Å²) in [6.45, 7) is 5.70. The quantitative estimate of drug-likeness (QED) is 0.792. The molecule has 0 aromatic heterocycles. The van der Waals surface area contributed by atoms with Gasteiger partial charge in [0.05, 0.1) is 0 Å². The molecule has 1 aromatic rings. The monoisotopic (exact) mass is 264 g/mol. The minimum Gasteiger partial charge on any atom is -0.487 e. The number of hydrogen-bond acceptors (Lipinski definition) is 4. The first-order chi connectivity index (χ1) is 8.98. The van der Waals surface area contributed by atoms with Gasteiger partial charge in [0.25, 0.3) is 0 Å². The lowest BCUT2D eigenvalue weighted by molar-refractivity contribution is 0.136. The maximum absolute atomic E-state index is 10.4. The summed E-state index contributed by atoms with van der Waals surface area (Å²) in [7, 11) is 0. The van der Waals surface area contributed by atoms with Crippen molar-refractivity contribution in [3.05, 3.63) is 29.3 Å². The Bertz CT molecular complexity index is 472. The molecule has 0 saturated heterocycles. The van der Waals surface area contributed by atoms with E-state index in [1.165, 1.54) is 5.56 Å². The minimum absolute atomic E-state index is 0.131. The van der Waals surface area contributed by atoms with Crippen molar-refractivity contribution < 1.29 is 14.3 Å². The average molecular weight is 264 g/mol. The number of ether oxygens (including phenoxy) is 2. The van der Waals surface area contributed by atoms with E-state index in [4.69, 9.17) is 10.5 Å². The highest BCUT2D eigenvalue weighted by Crippen LogP contribution is 2.37. The molecule has 0 unspecified atom stereocenters. The molecule has 3 N–H and O–H groups in total. The maximum atomic E-state index is 10.4. The lowest BCUT2D eigenvalue weighted by Gasteiger charge is -2.18. The van der Waals surface area contributed by atoms with Crippen LogP contribution in [0.3, 0.4) is 0 Å². The van der Waals surface area contributed by atoms with Crippen molar-refractivity contribution >= 4 is 6.09 Å². The van der Waals surface area contributed by atoms with Gasteiger partial charge in [0.15, 0.2) is 0 Å². The molecule has 0 saturated carbocycles. The predicted octanol–water partition coefficient (Wildman–Crippen LogP) is 1.59. The van der Waals surface area contributed by atoms with Gasteiger partial charge in [-0.15, -0.1) is 0 Å². The molecule has 0 bridgehead atoms. The largest absolute Gasteiger partial charge is 0.487 e. The van der Waals surface area contributed by atoms with Gasteiger partial charge in [0, 0.05) is 25.1 Å². The van der Waals surface area contributed by atoms with Gasteiger partial charge in [-0.25, -0.2) is 4.79 Å². The molecule has 1 aliphatic rings. The van der Waals surface area contributed by atoms with Crippen LogP contribution in [0.5, 0.6) is 5.75 Å². The van der Waals surface area contributed by atoms with Crippen LogP contribution in [0, 0.1) is 0 Å².